The minimum absolute atomic E-state index is 0.231. The van der Waals surface area contributed by atoms with Crippen molar-refractivity contribution in [2.75, 3.05) is 7.11 Å². The molecule has 1 heterocycles. The van der Waals surface area contributed by atoms with Crippen LogP contribution in [0.4, 0.5) is 0 Å². The molecule has 1 aliphatic rings. The summed E-state index contributed by atoms with van der Waals surface area (Å²) in [5.41, 5.74) is -1.15. The molecule has 1 atom stereocenters. The van der Waals surface area contributed by atoms with Crippen LogP contribution in [0.25, 0.3) is 0 Å². The lowest BCUT2D eigenvalue weighted by molar-refractivity contribution is -0.162. The highest BCUT2D eigenvalue weighted by Gasteiger charge is 2.52. The van der Waals surface area contributed by atoms with Crippen molar-refractivity contribution >= 4 is 11.9 Å². The molecular weight excluding hydrogens is 172 g/mol. The van der Waals surface area contributed by atoms with Gasteiger partial charge >= 0.3 is 11.9 Å². The quantitative estimate of drug-likeness (QED) is 0.475. The van der Waals surface area contributed by atoms with Crippen LogP contribution in [0.3, 0.4) is 0 Å². The summed E-state index contributed by atoms with van der Waals surface area (Å²) in [6, 6.07) is 0. The Morgan fingerprint density at radius 3 is 2.69 bits per heavy atom. The summed E-state index contributed by atoms with van der Waals surface area (Å²) in [6.45, 7) is 5.26. The van der Waals surface area contributed by atoms with Gasteiger partial charge < -0.3 is 9.47 Å². The number of carbonyl (C=O) groups excluding carboxylic acids is 2. The lowest BCUT2D eigenvalue weighted by Gasteiger charge is -2.18. The summed E-state index contributed by atoms with van der Waals surface area (Å²) >= 11 is 0. The first-order chi connectivity index (χ1) is 6.06. The van der Waals surface area contributed by atoms with Crippen molar-refractivity contribution in [3.05, 3.63) is 12.3 Å². The highest BCUT2D eigenvalue weighted by molar-refractivity contribution is 6.02. The second-order valence-electron chi connectivity index (χ2n) is 3.03. The molecule has 0 aromatic heterocycles. The third kappa shape index (κ3) is 1.32. The Hall–Kier alpha value is -1.32. The molecule has 0 bridgehead atoms. The molecule has 4 nitrogen and oxygen atoms in total. The second kappa shape index (κ2) is 3.20. The minimum atomic E-state index is -1.15. The van der Waals surface area contributed by atoms with Gasteiger partial charge in [0.25, 0.3) is 0 Å². The molecule has 0 radical (unpaired) electrons. The molecule has 13 heavy (non-hydrogen) atoms. The van der Waals surface area contributed by atoms with Crippen molar-refractivity contribution in [2.45, 2.75) is 19.8 Å². The molecule has 0 aliphatic carbocycles. The van der Waals surface area contributed by atoms with Gasteiger partial charge in [0, 0.05) is 6.42 Å². The lowest BCUT2D eigenvalue weighted by atomic mass is 9.83. The number of cyclic esters (lactones) is 1. The number of hydrogen-bond acceptors (Lipinski definition) is 4. The average Bonchev–Trinajstić information content (AvgIpc) is 2.40. The van der Waals surface area contributed by atoms with Crippen LogP contribution in [0.1, 0.15) is 19.8 Å². The molecular formula is C9H12O4. The Kier molecular flexibility index (Phi) is 2.40. The van der Waals surface area contributed by atoms with E-state index in [-0.39, 0.29) is 6.42 Å². The number of allylic oxidation sites excluding steroid dienone is 1. The van der Waals surface area contributed by atoms with E-state index in [1.165, 1.54) is 7.11 Å². The van der Waals surface area contributed by atoms with Crippen LogP contribution in [0, 0.1) is 5.41 Å². The maximum atomic E-state index is 11.4. The van der Waals surface area contributed by atoms with Crippen molar-refractivity contribution < 1.29 is 19.1 Å². The fourth-order valence-electron chi connectivity index (χ4n) is 1.44. The van der Waals surface area contributed by atoms with E-state index in [1.54, 1.807) is 6.92 Å². The van der Waals surface area contributed by atoms with Gasteiger partial charge in [-0.15, -0.1) is 0 Å². The van der Waals surface area contributed by atoms with Crippen LogP contribution < -0.4 is 0 Å². The first kappa shape index (κ1) is 9.77. The lowest BCUT2D eigenvalue weighted by Crippen LogP contribution is -2.36. The van der Waals surface area contributed by atoms with Crippen molar-refractivity contribution in [3.8, 4) is 0 Å². The standard InChI is InChI=1S/C9H12O4/c1-4-9(7(10)12-3)5-6(2)13-8(9)11/h2,4-5H2,1,3H3. The first-order valence-corrected chi connectivity index (χ1v) is 4.05. The zero-order valence-corrected chi connectivity index (χ0v) is 7.75. The van der Waals surface area contributed by atoms with E-state index in [2.05, 4.69) is 11.3 Å². The van der Waals surface area contributed by atoms with Crippen molar-refractivity contribution in [1.82, 2.24) is 0 Å². The topological polar surface area (TPSA) is 52.6 Å². The fourth-order valence-corrected chi connectivity index (χ4v) is 1.44. The number of carbonyl (C=O) groups is 2. The number of methoxy groups -OCH3 is 1. The average molecular weight is 184 g/mol. The summed E-state index contributed by atoms with van der Waals surface area (Å²) in [7, 11) is 1.26. The van der Waals surface area contributed by atoms with E-state index in [0.717, 1.165) is 0 Å². The van der Waals surface area contributed by atoms with E-state index in [9.17, 15) is 9.59 Å². The predicted molar refractivity (Wildman–Crippen MR) is 44.6 cm³/mol. The van der Waals surface area contributed by atoms with E-state index >= 15 is 0 Å². The normalized spacial score (nSPS) is 27.2. The van der Waals surface area contributed by atoms with Crippen LogP contribution >= 0.6 is 0 Å². The minimum Gasteiger partial charge on any atom is -0.468 e. The molecule has 0 aromatic rings. The third-order valence-corrected chi connectivity index (χ3v) is 2.31. The largest absolute Gasteiger partial charge is 0.468 e. The van der Waals surface area contributed by atoms with E-state index in [0.29, 0.717) is 12.2 Å². The first-order valence-electron chi connectivity index (χ1n) is 4.05. The van der Waals surface area contributed by atoms with Gasteiger partial charge in [0.15, 0.2) is 5.41 Å². The third-order valence-electron chi connectivity index (χ3n) is 2.31. The molecule has 1 saturated heterocycles. The maximum absolute atomic E-state index is 11.4. The van der Waals surface area contributed by atoms with Gasteiger partial charge in [0.2, 0.25) is 0 Å². The molecule has 0 saturated carbocycles. The van der Waals surface area contributed by atoms with E-state index in [1.807, 2.05) is 0 Å². The van der Waals surface area contributed by atoms with Gasteiger partial charge in [-0.05, 0) is 6.42 Å². The van der Waals surface area contributed by atoms with Crippen LogP contribution in [0.5, 0.6) is 0 Å². The zero-order valence-electron chi connectivity index (χ0n) is 7.75. The molecule has 1 fully saturated rings. The van der Waals surface area contributed by atoms with Gasteiger partial charge in [-0.1, -0.05) is 13.5 Å². The summed E-state index contributed by atoms with van der Waals surface area (Å²) in [5.74, 6) is -0.761. The zero-order chi connectivity index (χ0) is 10.1. The number of rotatable bonds is 2. The molecule has 4 heteroatoms. The van der Waals surface area contributed by atoms with Crippen molar-refractivity contribution in [3.63, 3.8) is 0 Å². The van der Waals surface area contributed by atoms with Gasteiger partial charge in [-0.25, -0.2) is 0 Å². The van der Waals surface area contributed by atoms with E-state index in [4.69, 9.17) is 4.74 Å². The predicted octanol–water partition coefficient (Wildman–Crippen LogP) is 1.02. The number of hydrogen-bond donors (Lipinski definition) is 0. The Bertz CT molecular complexity index is 269. The molecule has 1 aliphatic heterocycles. The Morgan fingerprint density at radius 2 is 2.38 bits per heavy atom. The van der Waals surface area contributed by atoms with Crippen LogP contribution in [0.2, 0.25) is 0 Å². The number of esters is 2. The Labute approximate surface area is 76.5 Å². The molecule has 0 aromatic carbocycles. The van der Waals surface area contributed by atoms with Crippen LogP contribution in [-0.2, 0) is 19.1 Å². The van der Waals surface area contributed by atoms with Crippen LogP contribution in [-0.4, -0.2) is 19.0 Å². The highest BCUT2D eigenvalue weighted by atomic mass is 16.6. The maximum Gasteiger partial charge on any atom is 0.329 e. The summed E-state index contributed by atoms with van der Waals surface area (Å²) < 4.78 is 9.32. The molecule has 0 spiro atoms. The smallest absolute Gasteiger partial charge is 0.329 e. The van der Waals surface area contributed by atoms with Crippen molar-refractivity contribution in [1.29, 1.82) is 0 Å². The Balaban J connectivity index is 3.00. The van der Waals surface area contributed by atoms with Crippen LogP contribution in [0.15, 0.2) is 12.3 Å². The second-order valence-corrected chi connectivity index (χ2v) is 3.03. The van der Waals surface area contributed by atoms with Gasteiger partial charge in [-0.3, -0.25) is 9.59 Å². The molecule has 72 valence electrons. The van der Waals surface area contributed by atoms with Gasteiger partial charge in [0.1, 0.15) is 5.76 Å². The summed E-state index contributed by atoms with van der Waals surface area (Å²) in [6.07, 6.45) is 0.604. The van der Waals surface area contributed by atoms with E-state index < -0.39 is 17.4 Å². The number of ether oxygens (including phenoxy) is 2. The summed E-state index contributed by atoms with van der Waals surface area (Å²) in [5, 5.41) is 0. The van der Waals surface area contributed by atoms with Crippen molar-refractivity contribution in [2.24, 2.45) is 5.41 Å². The SMILES string of the molecule is C=C1CC(CC)(C(=O)OC)C(=O)O1. The summed E-state index contributed by atoms with van der Waals surface area (Å²) in [4.78, 5) is 22.7. The molecule has 1 unspecified atom stereocenters. The van der Waals surface area contributed by atoms with Gasteiger partial charge in [-0.2, -0.15) is 0 Å². The van der Waals surface area contributed by atoms with Gasteiger partial charge in [0.05, 0.1) is 7.11 Å². The monoisotopic (exact) mass is 184 g/mol. The molecule has 1 rings (SSSR count). The Morgan fingerprint density at radius 1 is 1.77 bits per heavy atom. The molecule has 0 amide bonds. The molecule has 0 N–H and O–H groups in total. The highest BCUT2D eigenvalue weighted by Crippen LogP contribution is 2.39. The fraction of sp³-hybridized carbons (Fsp3) is 0.556.